The molecule has 0 unspecified atom stereocenters. The van der Waals surface area contributed by atoms with Crippen LogP contribution in [0.25, 0.3) is 67.6 Å². The Labute approximate surface area is 306 Å². The zero-order valence-corrected chi connectivity index (χ0v) is 28.8. The molecule has 0 atom stereocenters. The molecule has 3 aromatic heterocycles. The molecule has 51 heavy (non-hydrogen) atoms. The fraction of sp³-hybridized carbons (Fsp3) is 0.0222. The first kappa shape index (κ1) is 32.0. The van der Waals surface area contributed by atoms with Crippen LogP contribution in [0.3, 0.4) is 0 Å². The summed E-state index contributed by atoms with van der Waals surface area (Å²) in [4.78, 5) is 18.0. The molecular weight excluding hydrogens is 671 g/mol. The summed E-state index contributed by atoms with van der Waals surface area (Å²) in [5.41, 5.74) is 15.4. The van der Waals surface area contributed by atoms with E-state index < -0.39 is 0 Å². The van der Waals surface area contributed by atoms with Crippen molar-refractivity contribution in [2.24, 2.45) is 0 Å². The van der Waals surface area contributed by atoms with Crippen LogP contribution in [0.1, 0.15) is 33.9 Å². The maximum absolute atomic E-state index is 6.28. The summed E-state index contributed by atoms with van der Waals surface area (Å²) in [5.74, 6) is 0.744. The number of hydrogen-bond donors (Lipinski definition) is 2. The van der Waals surface area contributed by atoms with Gasteiger partial charge in [-0.05, 0) is 64.7 Å². The largest absolute Gasteiger partial charge is 0.494 e. The Bertz CT molecular complexity index is 2610. The van der Waals surface area contributed by atoms with Crippen LogP contribution in [0.4, 0.5) is 0 Å². The number of hydrogen-bond acceptors (Lipinski definition) is 3. The molecule has 2 aliphatic heterocycles. The van der Waals surface area contributed by atoms with Gasteiger partial charge in [0.1, 0.15) is 0 Å². The third-order valence-corrected chi connectivity index (χ3v) is 9.20. The first-order chi connectivity index (χ1) is 24.7. The number of H-pyrrole nitrogens is 2. The number of benzene rings is 4. The van der Waals surface area contributed by atoms with Crippen molar-refractivity contribution in [3.05, 3.63) is 186 Å². The molecular formula is C45H32CoN4O. The summed E-state index contributed by atoms with van der Waals surface area (Å²) in [6.07, 6.45) is 4.07. The van der Waals surface area contributed by atoms with Crippen LogP contribution in [0.5, 0.6) is 5.75 Å². The third kappa shape index (κ3) is 5.91. The normalized spacial score (nSPS) is 12.1. The standard InChI is InChI=1S/C45H32N4O.Co/c1-50-45-38-28-36-25-23-34(47-36)26-33-22-24-35(46-33)27-37-39(29-14-6-2-7-15-29)40(30-16-8-3-9-17-30)43(48-37)41(31-18-10-4-11-19-31)44(49-38)42(45)32-20-12-5-13-21-32;/h2-28,46,49H,1H3;. The molecule has 7 aromatic rings. The summed E-state index contributed by atoms with van der Waals surface area (Å²) in [6.45, 7) is 0. The van der Waals surface area contributed by atoms with Crippen molar-refractivity contribution in [3.8, 4) is 28.0 Å². The van der Waals surface area contributed by atoms with Gasteiger partial charge in [-0.1, -0.05) is 121 Å². The van der Waals surface area contributed by atoms with Crippen molar-refractivity contribution < 1.29 is 21.5 Å². The second kappa shape index (κ2) is 13.6. The second-order valence-electron chi connectivity index (χ2n) is 12.4. The van der Waals surface area contributed by atoms with Crippen LogP contribution in [-0.4, -0.2) is 27.0 Å². The van der Waals surface area contributed by atoms with Crippen molar-refractivity contribution in [1.82, 2.24) is 19.9 Å². The van der Waals surface area contributed by atoms with Crippen LogP contribution in [0.15, 0.2) is 152 Å². The number of fused-ring (bicyclic) bond motifs is 8. The van der Waals surface area contributed by atoms with Crippen LogP contribution >= 0.6 is 0 Å². The molecule has 1 radical (unpaired) electrons. The van der Waals surface area contributed by atoms with Crippen LogP contribution in [0.2, 0.25) is 0 Å². The fourth-order valence-electron chi connectivity index (χ4n) is 7.04. The van der Waals surface area contributed by atoms with Gasteiger partial charge in [0.25, 0.3) is 0 Å². The van der Waals surface area contributed by atoms with E-state index in [0.29, 0.717) is 0 Å². The molecule has 4 aromatic carbocycles. The summed E-state index contributed by atoms with van der Waals surface area (Å²) >= 11 is 0. The molecule has 5 heterocycles. The molecule has 0 aliphatic carbocycles. The number of aromatic nitrogens is 4. The van der Waals surface area contributed by atoms with E-state index in [1.54, 1.807) is 7.11 Å². The van der Waals surface area contributed by atoms with Crippen molar-refractivity contribution in [1.29, 1.82) is 0 Å². The molecule has 6 heteroatoms. The van der Waals surface area contributed by atoms with Gasteiger partial charge in [0.05, 0.1) is 46.5 Å². The average molecular weight is 704 g/mol. The van der Waals surface area contributed by atoms with E-state index in [0.717, 1.165) is 95.1 Å². The summed E-state index contributed by atoms with van der Waals surface area (Å²) in [7, 11) is 1.73. The zero-order valence-electron chi connectivity index (χ0n) is 27.7. The van der Waals surface area contributed by atoms with Gasteiger partial charge in [0.15, 0.2) is 5.75 Å². The molecule has 0 spiro atoms. The number of nitrogens with one attached hydrogen (secondary N) is 2. The molecule has 0 saturated carbocycles. The van der Waals surface area contributed by atoms with Crippen LogP contribution < -0.4 is 4.74 Å². The predicted molar refractivity (Wildman–Crippen MR) is 205 cm³/mol. The van der Waals surface area contributed by atoms with Crippen LogP contribution in [-0.2, 0) is 16.8 Å². The van der Waals surface area contributed by atoms with E-state index >= 15 is 0 Å². The summed E-state index contributed by atoms with van der Waals surface area (Å²) < 4.78 is 6.28. The number of nitrogens with zero attached hydrogens (tertiary/aromatic N) is 2. The molecule has 2 N–H and O–H groups in total. The predicted octanol–water partition coefficient (Wildman–Crippen LogP) is 10.8. The first-order valence-corrected chi connectivity index (χ1v) is 16.7. The first-order valence-electron chi connectivity index (χ1n) is 16.7. The Hall–Kier alpha value is -6.21. The Balaban J connectivity index is 0.00000374. The Morgan fingerprint density at radius 2 is 1.00 bits per heavy atom. The van der Waals surface area contributed by atoms with E-state index in [-0.39, 0.29) is 16.8 Å². The fourth-order valence-corrected chi connectivity index (χ4v) is 7.04. The zero-order chi connectivity index (χ0) is 33.4. The van der Waals surface area contributed by atoms with E-state index in [1.165, 1.54) is 0 Å². The van der Waals surface area contributed by atoms with Crippen molar-refractivity contribution in [3.63, 3.8) is 0 Å². The minimum atomic E-state index is 0. The van der Waals surface area contributed by atoms with Crippen molar-refractivity contribution in [2.45, 2.75) is 0 Å². The van der Waals surface area contributed by atoms with Gasteiger partial charge in [0, 0.05) is 44.5 Å². The van der Waals surface area contributed by atoms with Crippen molar-refractivity contribution >= 4 is 45.4 Å². The maximum atomic E-state index is 6.28. The molecule has 5 nitrogen and oxygen atoms in total. The Morgan fingerprint density at radius 3 is 1.59 bits per heavy atom. The molecule has 8 bridgehead atoms. The van der Waals surface area contributed by atoms with Gasteiger partial charge >= 0.3 is 0 Å². The smallest absolute Gasteiger partial charge is 0.152 e. The van der Waals surface area contributed by atoms with Crippen molar-refractivity contribution in [2.75, 3.05) is 7.11 Å². The Morgan fingerprint density at radius 1 is 0.490 bits per heavy atom. The summed E-state index contributed by atoms with van der Waals surface area (Å²) in [6, 6.07) is 52.6. The molecule has 2 aliphatic rings. The quantitative estimate of drug-likeness (QED) is 0.188. The molecule has 0 amide bonds. The summed E-state index contributed by atoms with van der Waals surface area (Å²) in [5, 5.41) is 0. The van der Waals surface area contributed by atoms with Gasteiger partial charge in [-0.3, -0.25) is 0 Å². The SMILES string of the molecule is COc1c(-c2ccccc2)c2[nH]c1cc1nc(cc3ccc(cc4nc(c2-c2ccccc2)C(c2ccccc2)=C4c2ccccc2)[nH]3)C=C1.[Co]. The van der Waals surface area contributed by atoms with E-state index in [1.807, 2.05) is 18.2 Å². The van der Waals surface area contributed by atoms with E-state index in [9.17, 15) is 0 Å². The number of methoxy groups -OCH3 is 1. The van der Waals surface area contributed by atoms with E-state index in [2.05, 4.69) is 156 Å². The minimum absolute atomic E-state index is 0. The minimum Gasteiger partial charge on any atom is -0.494 e. The topological polar surface area (TPSA) is 66.6 Å². The van der Waals surface area contributed by atoms with Crippen LogP contribution in [0, 0.1) is 0 Å². The Kier molecular flexibility index (Phi) is 8.54. The third-order valence-electron chi connectivity index (χ3n) is 9.20. The number of rotatable bonds is 5. The van der Waals surface area contributed by atoms with Gasteiger partial charge in [-0.2, -0.15) is 0 Å². The van der Waals surface area contributed by atoms with Gasteiger partial charge in [-0.25, -0.2) is 9.97 Å². The van der Waals surface area contributed by atoms with Gasteiger partial charge in [0.2, 0.25) is 0 Å². The average Bonchev–Trinajstić information content (AvgIpc) is 3.96. The second-order valence-corrected chi connectivity index (χ2v) is 12.4. The molecule has 0 saturated heterocycles. The maximum Gasteiger partial charge on any atom is 0.152 e. The molecule has 247 valence electrons. The number of ether oxygens (including phenoxy) is 1. The molecule has 0 fully saturated rings. The monoisotopic (exact) mass is 703 g/mol. The van der Waals surface area contributed by atoms with E-state index in [4.69, 9.17) is 14.7 Å². The molecule has 9 rings (SSSR count). The van der Waals surface area contributed by atoms with Gasteiger partial charge in [-0.15, -0.1) is 0 Å². The number of aromatic amines is 2. The van der Waals surface area contributed by atoms with Gasteiger partial charge < -0.3 is 14.7 Å².